The van der Waals surface area contributed by atoms with E-state index in [-0.39, 0.29) is 0 Å². The van der Waals surface area contributed by atoms with E-state index in [1.54, 1.807) is 6.33 Å². The highest BCUT2D eigenvalue weighted by atomic mass is 35.5. The first-order valence-corrected chi connectivity index (χ1v) is 8.51. The van der Waals surface area contributed by atoms with Crippen LogP contribution in [0.3, 0.4) is 0 Å². The van der Waals surface area contributed by atoms with Crippen molar-refractivity contribution in [2.24, 2.45) is 5.92 Å². The number of rotatable bonds is 4. The average molecular weight is 327 g/mol. The Kier molecular flexibility index (Phi) is 3.92. The Morgan fingerprint density at radius 3 is 2.91 bits per heavy atom. The first-order valence-electron chi connectivity index (χ1n) is 8.13. The van der Waals surface area contributed by atoms with Gasteiger partial charge in [-0.1, -0.05) is 36.6 Å². The summed E-state index contributed by atoms with van der Waals surface area (Å²) < 4.78 is 0. The van der Waals surface area contributed by atoms with Crippen molar-refractivity contribution in [3.8, 4) is 11.1 Å². The van der Waals surface area contributed by atoms with Crippen LogP contribution in [0.1, 0.15) is 25.7 Å². The number of aromatic amines is 1. The zero-order valence-corrected chi connectivity index (χ0v) is 13.6. The monoisotopic (exact) mass is 326 g/mol. The Bertz CT molecular complexity index is 821. The van der Waals surface area contributed by atoms with Crippen molar-refractivity contribution in [3.05, 3.63) is 41.8 Å². The molecule has 1 aliphatic carbocycles. The average Bonchev–Trinajstić information content (AvgIpc) is 3.22. The molecular formula is C18H19ClN4. The van der Waals surface area contributed by atoms with E-state index in [2.05, 4.69) is 26.3 Å². The Hall–Kier alpha value is -2.07. The lowest BCUT2D eigenvalue weighted by Gasteiger charge is -2.12. The summed E-state index contributed by atoms with van der Waals surface area (Å²) in [4.78, 5) is 12.1. The number of benzene rings is 1. The molecule has 1 fully saturated rings. The van der Waals surface area contributed by atoms with Crippen molar-refractivity contribution >= 4 is 28.5 Å². The van der Waals surface area contributed by atoms with Gasteiger partial charge in [0.05, 0.1) is 5.39 Å². The largest absolute Gasteiger partial charge is 0.369 e. The lowest BCUT2D eigenvalue weighted by molar-refractivity contribution is 0.579. The molecule has 0 atom stereocenters. The van der Waals surface area contributed by atoms with E-state index in [9.17, 15) is 0 Å². The predicted octanol–water partition coefficient (Wildman–Crippen LogP) is 4.88. The second-order valence-corrected chi connectivity index (χ2v) is 6.63. The summed E-state index contributed by atoms with van der Waals surface area (Å²) in [5.41, 5.74) is 3.00. The molecular weight excluding hydrogens is 308 g/mol. The molecule has 1 saturated carbocycles. The normalized spacial score (nSPS) is 15.3. The molecule has 4 nitrogen and oxygen atoms in total. The lowest BCUT2D eigenvalue weighted by atomic mass is 10.1. The van der Waals surface area contributed by atoms with E-state index in [4.69, 9.17) is 11.6 Å². The summed E-state index contributed by atoms with van der Waals surface area (Å²) in [7, 11) is 0. The molecule has 2 heterocycles. The molecule has 2 aromatic heterocycles. The topological polar surface area (TPSA) is 53.6 Å². The van der Waals surface area contributed by atoms with Crippen molar-refractivity contribution in [1.82, 2.24) is 15.0 Å². The summed E-state index contributed by atoms with van der Waals surface area (Å²) >= 11 is 6.14. The number of halogens is 1. The van der Waals surface area contributed by atoms with E-state index in [0.717, 1.165) is 45.5 Å². The van der Waals surface area contributed by atoms with Crippen molar-refractivity contribution in [3.63, 3.8) is 0 Å². The van der Waals surface area contributed by atoms with Crippen molar-refractivity contribution in [2.75, 3.05) is 11.9 Å². The third kappa shape index (κ3) is 2.91. The lowest BCUT2D eigenvalue weighted by Crippen LogP contribution is -2.12. The Balaban J connectivity index is 1.71. The van der Waals surface area contributed by atoms with Gasteiger partial charge in [-0.2, -0.15) is 0 Å². The van der Waals surface area contributed by atoms with Gasteiger partial charge in [0.25, 0.3) is 0 Å². The summed E-state index contributed by atoms with van der Waals surface area (Å²) in [6.45, 7) is 0.978. The van der Waals surface area contributed by atoms with Crippen LogP contribution in [0.5, 0.6) is 0 Å². The quantitative estimate of drug-likeness (QED) is 0.718. The highest BCUT2D eigenvalue weighted by Crippen LogP contribution is 2.33. The minimum absolute atomic E-state index is 0.731. The number of hydrogen-bond donors (Lipinski definition) is 2. The summed E-state index contributed by atoms with van der Waals surface area (Å²) in [5.74, 6) is 1.66. The molecule has 0 amide bonds. The van der Waals surface area contributed by atoms with Crippen molar-refractivity contribution in [2.45, 2.75) is 25.7 Å². The maximum atomic E-state index is 6.14. The third-order valence-corrected chi connectivity index (χ3v) is 4.87. The van der Waals surface area contributed by atoms with Gasteiger partial charge in [0.2, 0.25) is 0 Å². The highest BCUT2D eigenvalue weighted by molar-refractivity contribution is 6.31. The van der Waals surface area contributed by atoms with Gasteiger partial charge in [0.1, 0.15) is 17.8 Å². The van der Waals surface area contributed by atoms with Crippen LogP contribution in [0.25, 0.3) is 22.2 Å². The second-order valence-electron chi connectivity index (χ2n) is 6.19. The molecule has 0 radical (unpaired) electrons. The number of anilines is 1. The summed E-state index contributed by atoms with van der Waals surface area (Å²) in [5, 5.41) is 5.30. The zero-order valence-electron chi connectivity index (χ0n) is 12.8. The van der Waals surface area contributed by atoms with Crippen LogP contribution in [0.15, 0.2) is 36.8 Å². The molecule has 0 aliphatic heterocycles. The maximum Gasteiger partial charge on any atom is 0.143 e. The second kappa shape index (κ2) is 6.20. The van der Waals surface area contributed by atoms with Gasteiger partial charge in [-0.05, 0) is 36.5 Å². The highest BCUT2D eigenvalue weighted by Gasteiger charge is 2.17. The fourth-order valence-corrected chi connectivity index (χ4v) is 3.63. The number of hydrogen-bond acceptors (Lipinski definition) is 3. The molecule has 3 aromatic rings. The molecule has 1 aromatic carbocycles. The van der Waals surface area contributed by atoms with Gasteiger partial charge in [-0.3, -0.25) is 0 Å². The smallest absolute Gasteiger partial charge is 0.143 e. The SMILES string of the molecule is Clc1cccc(-c2c[nH]c3ncnc(NCC4CCCC4)c23)c1. The van der Waals surface area contributed by atoms with Gasteiger partial charge in [-0.15, -0.1) is 0 Å². The Morgan fingerprint density at radius 1 is 1.22 bits per heavy atom. The van der Waals surface area contributed by atoms with Crippen molar-refractivity contribution < 1.29 is 0 Å². The molecule has 0 unspecified atom stereocenters. The molecule has 1 aliphatic rings. The van der Waals surface area contributed by atoms with E-state index in [1.165, 1.54) is 25.7 Å². The molecule has 0 spiro atoms. The summed E-state index contributed by atoms with van der Waals surface area (Å²) in [6, 6.07) is 7.88. The van der Waals surface area contributed by atoms with Gasteiger partial charge >= 0.3 is 0 Å². The first kappa shape index (κ1) is 14.5. The van der Waals surface area contributed by atoms with E-state index in [0.29, 0.717) is 0 Å². The first-order chi connectivity index (χ1) is 11.3. The zero-order chi connectivity index (χ0) is 15.6. The fourth-order valence-electron chi connectivity index (χ4n) is 3.44. The predicted molar refractivity (Wildman–Crippen MR) is 94.8 cm³/mol. The Labute approximate surface area is 140 Å². The molecule has 23 heavy (non-hydrogen) atoms. The van der Waals surface area contributed by atoms with Gasteiger partial charge in [0, 0.05) is 23.3 Å². The molecule has 0 bridgehead atoms. The van der Waals surface area contributed by atoms with Crippen LogP contribution < -0.4 is 5.32 Å². The number of H-pyrrole nitrogens is 1. The number of fused-ring (bicyclic) bond motifs is 1. The van der Waals surface area contributed by atoms with Gasteiger partial charge in [0.15, 0.2) is 0 Å². The minimum Gasteiger partial charge on any atom is -0.369 e. The van der Waals surface area contributed by atoms with Crippen LogP contribution in [0, 0.1) is 5.92 Å². The third-order valence-electron chi connectivity index (χ3n) is 4.64. The summed E-state index contributed by atoms with van der Waals surface area (Å²) in [6.07, 6.45) is 8.92. The van der Waals surface area contributed by atoms with E-state index < -0.39 is 0 Å². The molecule has 0 saturated heterocycles. The van der Waals surface area contributed by atoms with Crippen LogP contribution in [-0.2, 0) is 0 Å². The van der Waals surface area contributed by atoms with Crippen LogP contribution in [0.4, 0.5) is 5.82 Å². The van der Waals surface area contributed by atoms with Gasteiger partial charge < -0.3 is 10.3 Å². The maximum absolute atomic E-state index is 6.14. The van der Waals surface area contributed by atoms with Gasteiger partial charge in [-0.25, -0.2) is 9.97 Å². The molecule has 4 rings (SSSR count). The standard InChI is InChI=1S/C18H19ClN4/c19-14-7-3-6-13(8-14)15-10-21-18-16(15)17(22-11-23-18)20-9-12-4-1-2-5-12/h3,6-8,10-12H,1-2,4-5,9H2,(H2,20,21,22,23). The van der Waals surface area contributed by atoms with Crippen LogP contribution >= 0.6 is 11.6 Å². The number of nitrogens with one attached hydrogen (secondary N) is 2. The Morgan fingerprint density at radius 2 is 2.09 bits per heavy atom. The molecule has 2 N–H and O–H groups in total. The number of aromatic nitrogens is 3. The fraction of sp³-hybridized carbons (Fsp3) is 0.333. The van der Waals surface area contributed by atoms with E-state index >= 15 is 0 Å². The number of nitrogens with zero attached hydrogens (tertiary/aromatic N) is 2. The van der Waals surface area contributed by atoms with Crippen LogP contribution in [0.2, 0.25) is 5.02 Å². The molecule has 118 valence electrons. The minimum atomic E-state index is 0.731. The molecule has 5 heteroatoms. The van der Waals surface area contributed by atoms with E-state index in [1.807, 2.05) is 24.4 Å². The van der Waals surface area contributed by atoms with Crippen LogP contribution in [-0.4, -0.2) is 21.5 Å². The van der Waals surface area contributed by atoms with Crippen molar-refractivity contribution in [1.29, 1.82) is 0 Å².